The molecule has 0 radical (unpaired) electrons. The van der Waals surface area contributed by atoms with Crippen LogP contribution in [-0.2, 0) is 4.79 Å². The van der Waals surface area contributed by atoms with Crippen LogP contribution in [0.5, 0.6) is 5.75 Å². The zero-order chi connectivity index (χ0) is 20.8. The van der Waals surface area contributed by atoms with E-state index >= 15 is 0 Å². The fourth-order valence-electron chi connectivity index (χ4n) is 3.03. The van der Waals surface area contributed by atoms with E-state index in [1.807, 2.05) is 89.5 Å². The normalized spacial score (nSPS) is 10.9. The Morgan fingerprint density at radius 3 is 2.37 bits per heavy atom. The van der Waals surface area contributed by atoms with Crippen molar-refractivity contribution in [3.63, 3.8) is 0 Å². The second kappa shape index (κ2) is 8.87. The predicted molar refractivity (Wildman–Crippen MR) is 115 cm³/mol. The molecule has 0 bridgehead atoms. The first kappa shape index (κ1) is 19.1. The summed E-state index contributed by atoms with van der Waals surface area (Å²) in [6.07, 6.45) is 3.77. The second-order valence-electron chi connectivity index (χ2n) is 6.51. The minimum Gasteiger partial charge on any atom is -0.482 e. The molecule has 0 unspecified atom stereocenters. The number of aliphatic carboxylic acids is 1. The third-order valence-electron chi connectivity index (χ3n) is 4.38. The van der Waals surface area contributed by atoms with E-state index < -0.39 is 5.97 Å². The van der Waals surface area contributed by atoms with Gasteiger partial charge in [0.05, 0.1) is 0 Å². The minimum absolute atomic E-state index is 0.379. The van der Waals surface area contributed by atoms with Crippen molar-refractivity contribution in [2.24, 2.45) is 0 Å². The van der Waals surface area contributed by atoms with E-state index in [4.69, 9.17) is 9.84 Å². The number of hydrogen-bond donors (Lipinski definition) is 1. The number of benzene rings is 3. The lowest BCUT2D eigenvalue weighted by atomic mass is 10.2. The molecule has 0 saturated carbocycles. The second-order valence-corrected chi connectivity index (χ2v) is 6.51. The highest BCUT2D eigenvalue weighted by molar-refractivity contribution is 5.71. The Bertz CT molecular complexity index is 1170. The number of nitrogens with zero attached hydrogens (tertiary/aromatic N) is 3. The SMILES string of the molecule is O=C(O)COc1cccc(/C=C/c2nnc(-c3ccccc3)n2-c2ccccc2)c1. The summed E-state index contributed by atoms with van der Waals surface area (Å²) in [5, 5.41) is 17.6. The van der Waals surface area contributed by atoms with E-state index in [-0.39, 0.29) is 6.61 Å². The fourth-order valence-corrected chi connectivity index (χ4v) is 3.03. The monoisotopic (exact) mass is 397 g/mol. The maximum Gasteiger partial charge on any atom is 0.341 e. The van der Waals surface area contributed by atoms with Crippen LogP contribution in [0.4, 0.5) is 0 Å². The van der Waals surface area contributed by atoms with E-state index in [1.165, 1.54) is 0 Å². The van der Waals surface area contributed by atoms with Gasteiger partial charge in [0.2, 0.25) is 0 Å². The molecule has 0 spiro atoms. The third-order valence-corrected chi connectivity index (χ3v) is 4.38. The van der Waals surface area contributed by atoms with E-state index in [2.05, 4.69) is 10.2 Å². The van der Waals surface area contributed by atoms with Crippen LogP contribution in [-0.4, -0.2) is 32.4 Å². The van der Waals surface area contributed by atoms with Gasteiger partial charge in [0.1, 0.15) is 5.75 Å². The summed E-state index contributed by atoms with van der Waals surface area (Å²) in [7, 11) is 0. The van der Waals surface area contributed by atoms with Crippen molar-refractivity contribution in [1.82, 2.24) is 14.8 Å². The number of aromatic nitrogens is 3. The van der Waals surface area contributed by atoms with Gasteiger partial charge < -0.3 is 9.84 Å². The molecular weight excluding hydrogens is 378 g/mol. The van der Waals surface area contributed by atoms with Crippen molar-refractivity contribution < 1.29 is 14.6 Å². The number of carboxylic acids is 1. The van der Waals surface area contributed by atoms with Gasteiger partial charge in [0, 0.05) is 11.3 Å². The highest BCUT2D eigenvalue weighted by Gasteiger charge is 2.13. The number of rotatable bonds is 7. The van der Waals surface area contributed by atoms with Crippen LogP contribution in [0.25, 0.3) is 29.2 Å². The van der Waals surface area contributed by atoms with Crippen molar-refractivity contribution in [3.05, 3.63) is 96.3 Å². The summed E-state index contributed by atoms with van der Waals surface area (Å²) in [5.74, 6) is 0.909. The molecule has 3 aromatic carbocycles. The van der Waals surface area contributed by atoms with Crippen molar-refractivity contribution >= 4 is 18.1 Å². The van der Waals surface area contributed by atoms with Crippen molar-refractivity contribution in [2.75, 3.05) is 6.61 Å². The third kappa shape index (κ3) is 4.44. The number of ether oxygens (including phenoxy) is 1. The van der Waals surface area contributed by atoms with Crippen molar-refractivity contribution in [1.29, 1.82) is 0 Å². The highest BCUT2D eigenvalue weighted by atomic mass is 16.5. The first-order chi connectivity index (χ1) is 14.7. The molecule has 148 valence electrons. The quantitative estimate of drug-likeness (QED) is 0.494. The smallest absolute Gasteiger partial charge is 0.341 e. The van der Waals surface area contributed by atoms with Crippen LogP contribution in [0.3, 0.4) is 0 Å². The van der Waals surface area contributed by atoms with Crippen LogP contribution in [0.1, 0.15) is 11.4 Å². The maximum atomic E-state index is 10.7. The number of para-hydroxylation sites is 1. The molecular formula is C24H19N3O3. The van der Waals surface area contributed by atoms with Gasteiger partial charge in [-0.3, -0.25) is 4.57 Å². The summed E-state index contributed by atoms with van der Waals surface area (Å²) in [4.78, 5) is 10.7. The Hall–Kier alpha value is -4.19. The molecule has 0 aliphatic rings. The first-order valence-corrected chi connectivity index (χ1v) is 9.40. The van der Waals surface area contributed by atoms with Gasteiger partial charge in [-0.2, -0.15) is 0 Å². The lowest BCUT2D eigenvalue weighted by Gasteiger charge is -2.09. The molecule has 0 fully saturated rings. The Kier molecular flexibility index (Phi) is 5.66. The van der Waals surface area contributed by atoms with Gasteiger partial charge in [0.15, 0.2) is 18.3 Å². The van der Waals surface area contributed by atoms with Gasteiger partial charge in [-0.15, -0.1) is 10.2 Å². The summed E-state index contributed by atoms with van der Waals surface area (Å²) in [6.45, 7) is -0.379. The van der Waals surface area contributed by atoms with Gasteiger partial charge in [0.25, 0.3) is 0 Å². The number of carboxylic acid groups (broad SMARTS) is 1. The van der Waals surface area contributed by atoms with Crippen molar-refractivity contribution in [2.45, 2.75) is 0 Å². The molecule has 6 heteroatoms. The number of hydrogen-bond acceptors (Lipinski definition) is 4. The molecule has 0 aliphatic heterocycles. The van der Waals surface area contributed by atoms with E-state index in [9.17, 15) is 4.79 Å². The zero-order valence-corrected chi connectivity index (χ0v) is 16.1. The topological polar surface area (TPSA) is 77.2 Å². The molecule has 6 nitrogen and oxygen atoms in total. The van der Waals surface area contributed by atoms with Crippen LogP contribution in [0, 0.1) is 0 Å². The molecule has 0 atom stereocenters. The zero-order valence-electron chi connectivity index (χ0n) is 16.1. The van der Waals surface area contributed by atoms with Crippen LogP contribution < -0.4 is 4.74 Å². The summed E-state index contributed by atoms with van der Waals surface area (Å²) in [6, 6.07) is 27.1. The summed E-state index contributed by atoms with van der Waals surface area (Å²) < 4.78 is 7.25. The Morgan fingerprint density at radius 2 is 1.63 bits per heavy atom. The van der Waals surface area contributed by atoms with Gasteiger partial charge in [-0.25, -0.2) is 4.79 Å². The standard InChI is InChI=1S/C24H19N3O3/c28-23(29)17-30-21-13-7-8-18(16-21)14-15-22-25-26-24(19-9-3-1-4-10-19)27(22)20-11-5-2-6-12-20/h1-16H,17H2,(H,28,29)/b15-14+. The van der Waals surface area contributed by atoms with Crippen LogP contribution >= 0.6 is 0 Å². The lowest BCUT2D eigenvalue weighted by Crippen LogP contribution is -2.09. The fraction of sp³-hybridized carbons (Fsp3) is 0.0417. The predicted octanol–water partition coefficient (Wildman–Crippen LogP) is 4.57. The summed E-state index contributed by atoms with van der Waals surface area (Å²) in [5.41, 5.74) is 2.79. The highest BCUT2D eigenvalue weighted by Crippen LogP contribution is 2.24. The molecule has 4 rings (SSSR count). The number of carbonyl (C=O) groups is 1. The van der Waals surface area contributed by atoms with Crippen LogP contribution in [0.2, 0.25) is 0 Å². The summed E-state index contributed by atoms with van der Waals surface area (Å²) >= 11 is 0. The van der Waals surface area contributed by atoms with Gasteiger partial charge in [-0.1, -0.05) is 66.7 Å². The van der Waals surface area contributed by atoms with E-state index in [0.717, 1.165) is 22.6 Å². The lowest BCUT2D eigenvalue weighted by molar-refractivity contribution is -0.139. The Balaban J connectivity index is 1.69. The van der Waals surface area contributed by atoms with Gasteiger partial charge in [-0.05, 0) is 35.9 Å². The molecule has 1 N–H and O–H groups in total. The average molecular weight is 397 g/mol. The largest absolute Gasteiger partial charge is 0.482 e. The van der Waals surface area contributed by atoms with Gasteiger partial charge >= 0.3 is 5.97 Å². The molecule has 0 aliphatic carbocycles. The molecule has 0 saturated heterocycles. The maximum absolute atomic E-state index is 10.7. The Morgan fingerprint density at radius 1 is 0.900 bits per heavy atom. The van der Waals surface area contributed by atoms with E-state index in [1.54, 1.807) is 12.1 Å². The minimum atomic E-state index is -1.01. The molecule has 1 heterocycles. The molecule has 30 heavy (non-hydrogen) atoms. The molecule has 0 amide bonds. The van der Waals surface area contributed by atoms with Crippen LogP contribution in [0.15, 0.2) is 84.9 Å². The first-order valence-electron chi connectivity index (χ1n) is 9.40. The molecule has 1 aromatic heterocycles. The van der Waals surface area contributed by atoms with E-state index in [0.29, 0.717) is 11.6 Å². The van der Waals surface area contributed by atoms with Crippen molar-refractivity contribution in [3.8, 4) is 22.8 Å². The Labute approximate surface area is 173 Å². The molecule has 4 aromatic rings. The average Bonchev–Trinajstić information content (AvgIpc) is 3.22.